The van der Waals surface area contributed by atoms with Crippen molar-refractivity contribution in [3.63, 3.8) is 0 Å². The Morgan fingerprint density at radius 3 is 2.69 bits per heavy atom. The van der Waals surface area contributed by atoms with Gasteiger partial charge in [-0.1, -0.05) is 6.07 Å². The molecule has 1 aliphatic heterocycles. The summed E-state index contributed by atoms with van der Waals surface area (Å²) in [5, 5.41) is 0. The highest BCUT2D eigenvalue weighted by Crippen LogP contribution is 2.36. The smallest absolute Gasteiger partial charge is 0.254 e. The van der Waals surface area contributed by atoms with Crippen LogP contribution >= 0.6 is 11.3 Å². The number of nitrogens with zero attached hydrogens (tertiary/aromatic N) is 2. The number of pyridine rings is 1. The molecule has 6 nitrogen and oxygen atoms in total. The summed E-state index contributed by atoms with van der Waals surface area (Å²) in [6.45, 7) is 0.629. The Labute approximate surface area is 156 Å². The molecule has 1 aromatic carbocycles. The molecule has 4 rings (SSSR count). The SMILES string of the molecule is CN1Cc2cc(-c3ccc(-c4cncc(NS(=O)[O-])c4)s3)ccc2C1=O. The molecule has 1 amide bonds. The van der Waals surface area contributed by atoms with Crippen LogP contribution in [0.25, 0.3) is 20.9 Å². The van der Waals surface area contributed by atoms with E-state index in [2.05, 4.69) is 15.8 Å². The van der Waals surface area contributed by atoms with E-state index in [1.807, 2.05) is 24.3 Å². The van der Waals surface area contributed by atoms with Gasteiger partial charge in [-0.2, -0.15) is 0 Å². The van der Waals surface area contributed by atoms with Gasteiger partial charge in [0.1, 0.15) is 0 Å². The summed E-state index contributed by atoms with van der Waals surface area (Å²) in [6.07, 6.45) is 3.16. The Hall–Kier alpha value is -2.55. The molecule has 26 heavy (non-hydrogen) atoms. The first-order valence-corrected chi connectivity index (χ1v) is 9.70. The highest BCUT2D eigenvalue weighted by Gasteiger charge is 2.24. The zero-order valence-corrected chi connectivity index (χ0v) is 15.4. The van der Waals surface area contributed by atoms with Crippen LogP contribution in [0.5, 0.6) is 0 Å². The Morgan fingerprint density at radius 2 is 1.92 bits per heavy atom. The summed E-state index contributed by atoms with van der Waals surface area (Å²) < 4.78 is 23.9. The predicted octanol–water partition coefficient (Wildman–Crippen LogP) is 3.27. The summed E-state index contributed by atoms with van der Waals surface area (Å²) in [7, 11) is 1.80. The molecule has 8 heteroatoms. The zero-order chi connectivity index (χ0) is 18.3. The number of anilines is 1. The molecule has 0 spiro atoms. The van der Waals surface area contributed by atoms with Gasteiger partial charge >= 0.3 is 0 Å². The van der Waals surface area contributed by atoms with E-state index in [9.17, 15) is 13.6 Å². The van der Waals surface area contributed by atoms with Gasteiger partial charge < -0.3 is 14.2 Å². The van der Waals surface area contributed by atoms with Crippen LogP contribution in [0.1, 0.15) is 15.9 Å². The van der Waals surface area contributed by atoms with E-state index in [-0.39, 0.29) is 5.91 Å². The molecule has 0 fully saturated rings. The van der Waals surface area contributed by atoms with Crippen molar-refractivity contribution in [3.05, 3.63) is 59.9 Å². The van der Waals surface area contributed by atoms with Crippen molar-refractivity contribution in [1.82, 2.24) is 9.88 Å². The molecule has 3 aromatic rings. The number of amides is 1. The molecule has 1 N–H and O–H groups in total. The van der Waals surface area contributed by atoms with E-state index in [4.69, 9.17) is 0 Å². The van der Waals surface area contributed by atoms with E-state index in [1.165, 1.54) is 6.20 Å². The molecule has 3 heterocycles. The first kappa shape index (κ1) is 16.9. The van der Waals surface area contributed by atoms with Crippen LogP contribution < -0.4 is 4.72 Å². The lowest BCUT2D eigenvalue weighted by molar-refractivity contribution is 0.0816. The Balaban J connectivity index is 1.64. The second-order valence-electron chi connectivity index (χ2n) is 6.00. The number of hydrogen-bond donors (Lipinski definition) is 1. The van der Waals surface area contributed by atoms with Gasteiger partial charge in [0.05, 0.1) is 11.9 Å². The van der Waals surface area contributed by atoms with Crippen LogP contribution in [0, 0.1) is 0 Å². The number of fused-ring (bicyclic) bond motifs is 1. The maximum atomic E-state index is 12.0. The first-order valence-electron chi connectivity index (χ1n) is 7.81. The second-order valence-corrected chi connectivity index (χ2v) is 7.75. The third kappa shape index (κ3) is 3.14. The Kier molecular flexibility index (Phi) is 4.31. The number of thiophene rings is 1. The first-order chi connectivity index (χ1) is 12.5. The van der Waals surface area contributed by atoms with Gasteiger partial charge in [-0.25, -0.2) is 0 Å². The molecule has 0 saturated carbocycles. The maximum Gasteiger partial charge on any atom is 0.254 e. The zero-order valence-electron chi connectivity index (χ0n) is 13.8. The van der Waals surface area contributed by atoms with Crippen LogP contribution in [0.3, 0.4) is 0 Å². The molecule has 1 atom stereocenters. The number of nitrogens with one attached hydrogen (secondary N) is 1. The van der Waals surface area contributed by atoms with Gasteiger partial charge in [-0.15, -0.1) is 11.3 Å². The fourth-order valence-corrected chi connectivity index (χ4v) is 4.28. The lowest BCUT2D eigenvalue weighted by atomic mass is 10.1. The van der Waals surface area contributed by atoms with Crippen molar-refractivity contribution in [2.75, 3.05) is 11.8 Å². The molecule has 0 saturated heterocycles. The van der Waals surface area contributed by atoms with E-state index in [0.717, 1.165) is 32.0 Å². The normalized spacial score (nSPS) is 14.4. The van der Waals surface area contributed by atoms with Crippen molar-refractivity contribution in [2.24, 2.45) is 0 Å². The minimum atomic E-state index is -2.38. The van der Waals surface area contributed by atoms with Crippen molar-refractivity contribution in [1.29, 1.82) is 0 Å². The lowest BCUT2D eigenvalue weighted by Gasteiger charge is -2.08. The van der Waals surface area contributed by atoms with E-state index in [1.54, 1.807) is 35.5 Å². The quantitative estimate of drug-likeness (QED) is 0.700. The third-order valence-electron chi connectivity index (χ3n) is 4.20. The largest absolute Gasteiger partial charge is 0.755 e. The molecular formula is C18H14N3O3S2-. The molecule has 0 radical (unpaired) electrons. The number of benzene rings is 1. The number of hydrogen-bond acceptors (Lipinski definition) is 5. The minimum Gasteiger partial charge on any atom is -0.755 e. The van der Waals surface area contributed by atoms with Gasteiger partial charge in [0.15, 0.2) is 0 Å². The fourth-order valence-electron chi connectivity index (χ4n) is 2.99. The number of carbonyl (C=O) groups is 1. The topological polar surface area (TPSA) is 85.4 Å². The van der Waals surface area contributed by atoms with Crippen molar-refractivity contribution in [3.8, 4) is 20.9 Å². The highest BCUT2D eigenvalue weighted by molar-refractivity contribution is 7.80. The summed E-state index contributed by atoms with van der Waals surface area (Å²) in [6, 6.07) is 11.7. The summed E-state index contributed by atoms with van der Waals surface area (Å²) in [5.41, 5.74) is 4.13. The van der Waals surface area contributed by atoms with Crippen molar-refractivity contribution < 1.29 is 13.6 Å². The predicted molar refractivity (Wildman–Crippen MR) is 101 cm³/mol. The lowest BCUT2D eigenvalue weighted by Crippen LogP contribution is -2.17. The van der Waals surface area contributed by atoms with Crippen LogP contribution in [-0.4, -0.2) is 31.6 Å². The highest BCUT2D eigenvalue weighted by atomic mass is 32.2. The van der Waals surface area contributed by atoms with Crippen molar-refractivity contribution in [2.45, 2.75) is 6.54 Å². The van der Waals surface area contributed by atoms with Crippen LogP contribution in [0.15, 0.2) is 48.8 Å². The summed E-state index contributed by atoms with van der Waals surface area (Å²) in [5.74, 6) is 0.0598. The number of carbonyl (C=O) groups excluding carboxylic acids is 1. The summed E-state index contributed by atoms with van der Waals surface area (Å²) >= 11 is -0.786. The fraction of sp³-hybridized carbons (Fsp3) is 0.111. The van der Waals surface area contributed by atoms with E-state index < -0.39 is 11.3 Å². The van der Waals surface area contributed by atoms with Gasteiger partial charge in [-0.05, 0) is 41.5 Å². The average molecular weight is 384 g/mol. The molecule has 1 unspecified atom stereocenters. The van der Waals surface area contributed by atoms with E-state index >= 15 is 0 Å². The third-order valence-corrected chi connectivity index (χ3v) is 5.79. The average Bonchev–Trinajstić information content (AvgIpc) is 3.20. The van der Waals surface area contributed by atoms with Gasteiger partial charge in [-0.3, -0.25) is 14.0 Å². The molecule has 0 aliphatic carbocycles. The molecule has 132 valence electrons. The number of aromatic nitrogens is 1. The number of rotatable bonds is 4. The summed E-state index contributed by atoms with van der Waals surface area (Å²) in [4.78, 5) is 19.9. The Morgan fingerprint density at radius 1 is 1.15 bits per heavy atom. The van der Waals surface area contributed by atoms with Gasteiger partial charge in [0.25, 0.3) is 5.91 Å². The molecule has 0 bridgehead atoms. The van der Waals surface area contributed by atoms with Crippen molar-refractivity contribution >= 4 is 34.2 Å². The molecule has 2 aromatic heterocycles. The minimum absolute atomic E-state index is 0.0598. The van der Waals surface area contributed by atoms with E-state index in [0.29, 0.717) is 12.2 Å². The van der Waals surface area contributed by atoms with Crippen LogP contribution in [0.4, 0.5) is 5.69 Å². The van der Waals surface area contributed by atoms with Gasteiger partial charge in [0, 0.05) is 51.9 Å². The molecular weight excluding hydrogens is 370 g/mol. The monoisotopic (exact) mass is 384 g/mol. The Bertz CT molecular complexity index is 1030. The second kappa shape index (κ2) is 6.64. The molecule has 1 aliphatic rings. The maximum absolute atomic E-state index is 12.0. The van der Waals surface area contributed by atoms with Crippen LogP contribution in [-0.2, 0) is 17.8 Å². The van der Waals surface area contributed by atoms with Gasteiger partial charge in [0.2, 0.25) is 0 Å². The standard InChI is InChI=1S/C18H15N3O3S2/c1-21-10-13-6-11(2-3-15(13)18(21)22)16-4-5-17(25-16)12-7-14(9-19-8-12)20-26(23)24/h2-9,20H,10H2,1H3,(H,23,24)/p-1. The van der Waals surface area contributed by atoms with Crippen LogP contribution in [0.2, 0.25) is 0 Å².